The molecule has 7 nitrogen and oxygen atoms in total. The molecule has 40 heavy (non-hydrogen) atoms. The molecule has 0 heterocycles. The highest BCUT2D eigenvalue weighted by Crippen LogP contribution is 2.14. The summed E-state index contributed by atoms with van der Waals surface area (Å²) in [4.78, 5) is 33.1. The van der Waals surface area contributed by atoms with Crippen molar-refractivity contribution in [2.45, 2.75) is 193 Å². The maximum atomic E-state index is 11.7. The summed E-state index contributed by atoms with van der Waals surface area (Å²) in [6.45, 7) is 6.69. The fourth-order valence-electron chi connectivity index (χ4n) is 4.68. The van der Waals surface area contributed by atoms with Gasteiger partial charge in [0, 0.05) is 12.8 Å². The summed E-state index contributed by atoms with van der Waals surface area (Å²) in [7, 11) is 0. The second kappa shape index (κ2) is 31.9. The highest BCUT2D eigenvalue weighted by atomic mass is 16.4. The number of unbranched alkanes of at least 4 members (excludes halogenated alkanes) is 17. The lowest BCUT2D eigenvalue weighted by Gasteiger charge is -2.13. The summed E-state index contributed by atoms with van der Waals surface area (Å²) in [6, 6.07) is -1.11. The standard InChI is InChI=1S/C17H31NO5.C16H34O/c1-2-3-4-5-6-7-8-9-10-11-15(19)18-14(17(22)23)12-13-16(20)21;1-3-5-7-9-10-11-13-15-16(17)14-12-8-6-4-2/h14H,2-13H2,1H3,(H,18,19)(H,20,21)(H,22,23);16-17H,3-15H2,1-2H3/t14-;/m0./s1. The number of aliphatic carboxylic acids is 2. The van der Waals surface area contributed by atoms with Gasteiger partial charge in [0.25, 0.3) is 0 Å². The highest BCUT2D eigenvalue weighted by Gasteiger charge is 2.20. The van der Waals surface area contributed by atoms with Crippen LogP contribution in [0.2, 0.25) is 0 Å². The van der Waals surface area contributed by atoms with Gasteiger partial charge in [0.05, 0.1) is 6.10 Å². The van der Waals surface area contributed by atoms with Gasteiger partial charge >= 0.3 is 11.9 Å². The van der Waals surface area contributed by atoms with Crippen LogP contribution in [0.1, 0.15) is 181 Å². The highest BCUT2D eigenvalue weighted by molar-refractivity contribution is 5.83. The topological polar surface area (TPSA) is 124 Å². The number of rotatable bonds is 28. The van der Waals surface area contributed by atoms with Crippen LogP contribution >= 0.6 is 0 Å². The molecule has 0 spiro atoms. The second-order valence-corrected chi connectivity index (χ2v) is 11.4. The summed E-state index contributed by atoms with van der Waals surface area (Å²) in [6.07, 6.45) is 26.8. The molecule has 1 amide bonds. The lowest BCUT2D eigenvalue weighted by atomic mass is 10.0. The number of carbonyl (C=O) groups excluding carboxylic acids is 1. The van der Waals surface area contributed by atoms with E-state index in [1.165, 1.54) is 109 Å². The zero-order valence-corrected chi connectivity index (χ0v) is 26.4. The van der Waals surface area contributed by atoms with E-state index in [0.29, 0.717) is 6.42 Å². The molecule has 7 heteroatoms. The fourth-order valence-corrected chi connectivity index (χ4v) is 4.68. The van der Waals surface area contributed by atoms with Crippen LogP contribution in [0.5, 0.6) is 0 Å². The summed E-state index contributed by atoms with van der Waals surface area (Å²) < 4.78 is 0. The van der Waals surface area contributed by atoms with Crippen molar-refractivity contribution in [2.75, 3.05) is 0 Å². The monoisotopic (exact) mass is 571 g/mol. The van der Waals surface area contributed by atoms with E-state index < -0.39 is 18.0 Å². The van der Waals surface area contributed by atoms with Crippen molar-refractivity contribution in [3.63, 3.8) is 0 Å². The van der Waals surface area contributed by atoms with E-state index in [2.05, 4.69) is 26.1 Å². The van der Waals surface area contributed by atoms with Crippen LogP contribution in [-0.2, 0) is 14.4 Å². The number of hydrogen-bond donors (Lipinski definition) is 4. The Morgan fingerprint density at radius 3 is 1.30 bits per heavy atom. The molecule has 0 fully saturated rings. The Morgan fingerprint density at radius 1 is 0.525 bits per heavy atom. The van der Waals surface area contributed by atoms with E-state index in [-0.39, 0.29) is 24.9 Å². The molecule has 0 radical (unpaired) electrons. The molecule has 0 saturated carbocycles. The molecule has 0 aromatic rings. The molecule has 0 aromatic carbocycles. The summed E-state index contributed by atoms with van der Waals surface area (Å²) in [5.41, 5.74) is 0. The van der Waals surface area contributed by atoms with Gasteiger partial charge in [-0.15, -0.1) is 0 Å². The molecule has 0 aliphatic heterocycles. The van der Waals surface area contributed by atoms with Gasteiger partial charge in [-0.3, -0.25) is 9.59 Å². The van der Waals surface area contributed by atoms with Gasteiger partial charge in [-0.1, -0.05) is 143 Å². The molecular formula is C33H65NO6. The number of amides is 1. The SMILES string of the molecule is CCCCCCCCCC(O)CCCCCC.CCCCCCCCCCCC(=O)N[C@@H](CCC(=O)O)C(=O)O. The molecular weight excluding hydrogens is 506 g/mol. The summed E-state index contributed by atoms with van der Waals surface area (Å²) in [5.74, 6) is -2.57. The number of carboxylic acid groups (broad SMARTS) is 2. The predicted octanol–water partition coefficient (Wildman–Crippen LogP) is 8.80. The van der Waals surface area contributed by atoms with E-state index >= 15 is 0 Å². The van der Waals surface area contributed by atoms with Crippen LogP contribution in [0.25, 0.3) is 0 Å². The van der Waals surface area contributed by atoms with Crippen LogP contribution in [0.15, 0.2) is 0 Å². The lowest BCUT2D eigenvalue weighted by molar-refractivity contribution is -0.143. The average Bonchev–Trinajstić information content (AvgIpc) is 2.92. The third-order valence-electron chi connectivity index (χ3n) is 7.32. The van der Waals surface area contributed by atoms with Crippen molar-refractivity contribution in [3.8, 4) is 0 Å². The van der Waals surface area contributed by atoms with Crippen LogP contribution in [0.3, 0.4) is 0 Å². The minimum absolute atomic E-state index is 0.0255. The van der Waals surface area contributed by atoms with Gasteiger partial charge in [0.2, 0.25) is 5.91 Å². The van der Waals surface area contributed by atoms with Crippen LogP contribution in [0, 0.1) is 0 Å². The van der Waals surface area contributed by atoms with E-state index in [4.69, 9.17) is 10.2 Å². The van der Waals surface area contributed by atoms with Crippen LogP contribution in [-0.4, -0.2) is 45.3 Å². The lowest BCUT2D eigenvalue weighted by Crippen LogP contribution is -2.41. The van der Waals surface area contributed by atoms with E-state index in [1.807, 2.05) is 0 Å². The molecule has 4 N–H and O–H groups in total. The number of aliphatic hydroxyl groups excluding tert-OH is 1. The zero-order valence-electron chi connectivity index (χ0n) is 26.4. The maximum Gasteiger partial charge on any atom is 0.326 e. The van der Waals surface area contributed by atoms with E-state index in [9.17, 15) is 19.5 Å². The van der Waals surface area contributed by atoms with Crippen molar-refractivity contribution in [2.24, 2.45) is 0 Å². The molecule has 0 saturated heterocycles. The van der Waals surface area contributed by atoms with Gasteiger partial charge in [0.1, 0.15) is 6.04 Å². The summed E-state index contributed by atoms with van der Waals surface area (Å²) in [5, 5.41) is 29.7. The quantitative estimate of drug-likeness (QED) is 0.0696. The largest absolute Gasteiger partial charge is 0.481 e. The first-order chi connectivity index (χ1) is 19.3. The second-order valence-electron chi connectivity index (χ2n) is 11.4. The summed E-state index contributed by atoms with van der Waals surface area (Å²) >= 11 is 0. The Balaban J connectivity index is 0. The molecule has 0 bridgehead atoms. The zero-order chi connectivity index (χ0) is 30.3. The smallest absolute Gasteiger partial charge is 0.326 e. The van der Waals surface area contributed by atoms with Crippen molar-refractivity contribution < 1.29 is 29.7 Å². The predicted molar refractivity (Wildman–Crippen MR) is 166 cm³/mol. The Morgan fingerprint density at radius 2 is 0.900 bits per heavy atom. The van der Waals surface area contributed by atoms with Crippen LogP contribution < -0.4 is 5.32 Å². The fraction of sp³-hybridized carbons (Fsp3) is 0.909. The molecule has 0 rings (SSSR count). The minimum atomic E-state index is -1.19. The molecule has 0 aromatic heterocycles. The number of nitrogens with one attached hydrogen (secondary N) is 1. The first-order valence-electron chi connectivity index (χ1n) is 16.7. The first-order valence-corrected chi connectivity index (χ1v) is 16.7. The van der Waals surface area contributed by atoms with Crippen molar-refractivity contribution in [1.82, 2.24) is 5.32 Å². The number of carboxylic acids is 2. The molecule has 0 aliphatic rings. The van der Waals surface area contributed by atoms with Gasteiger partial charge in [-0.25, -0.2) is 4.79 Å². The van der Waals surface area contributed by atoms with Crippen molar-refractivity contribution in [3.05, 3.63) is 0 Å². The molecule has 2 atom stereocenters. The van der Waals surface area contributed by atoms with E-state index in [1.54, 1.807) is 0 Å². The van der Waals surface area contributed by atoms with Crippen molar-refractivity contribution in [1.29, 1.82) is 0 Å². The average molecular weight is 572 g/mol. The Kier molecular flexibility index (Phi) is 32.3. The minimum Gasteiger partial charge on any atom is -0.481 e. The number of carbonyl (C=O) groups is 3. The molecule has 1 unspecified atom stereocenters. The molecule has 238 valence electrons. The van der Waals surface area contributed by atoms with Gasteiger partial charge in [-0.2, -0.15) is 0 Å². The number of aliphatic hydroxyl groups is 1. The maximum absolute atomic E-state index is 11.7. The third-order valence-corrected chi connectivity index (χ3v) is 7.32. The van der Waals surface area contributed by atoms with E-state index in [0.717, 1.165) is 32.1 Å². The van der Waals surface area contributed by atoms with Crippen molar-refractivity contribution >= 4 is 17.8 Å². The molecule has 0 aliphatic carbocycles. The number of hydrogen-bond acceptors (Lipinski definition) is 4. The normalized spacial score (nSPS) is 12.3. The Bertz CT molecular complexity index is 583. The van der Waals surface area contributed by atoms with Gasteiger partial charge in [0.15, 0.2) is 0 Å². The van der Waals surface area contributed by atoms with Gasteiger partial charge in [-0.05, 0) is 25.7 Å². The van der Waals surface area contributed by atoms with Crippen LogP contribution in [0.4, 0.5) is 0 Å². The van der Waals surface area contributed by atoms with Gasteiger partial charge < -0.3 is 20.6 Å². The third kappa shape index (κ3) is 32.6. The Labute approximate surface area is 246 Å². The Hall–Kier alpha value is -1.63. The first kappa shape index (κ1) is 40.5.